The van der Waals surface area contributed by atoms with Gasteiger partial charge in [0.15, 0.2) is 0 Å². The van der Waals surface area contributed by atoms with Gasteiger partial charge in [0.1, 0.15) is 23.2 Å². The maximum Gasteiger partial charge on any atom is 0.237 e. The molecular formula is C16H8BrFN2O. The fraction of sp³-hybridized carbons (Fsp3) is 0. The number of ether oxygens (including phenoxy) is 1. The molecule has 0 saturated carbocycles. The molecule has 102 valence electrons. The van der Waals surface area contributed by atoms with Gasteiger partial charge in [0, 0.05) is 11.5 Å². The van der Waals surface area contributed by atoms with Crippen molar-refractivity contribution in [3.05, 3.63) is 64.4 Å². The van der Waals surface area contributed by atoms with Gasteiger partial charge in [0.25, 0.3) is 0 Å². The van der Waals surface area contributed by atoms with Gasteiger partial charge in [0.05, 0.1) is 9.99 Å². The van der Waals surface area contributed by atoms with Crippen molar-refractivity contribution in [2.75, 3.05) is 0 Å². The third-order valence-electron chi connectivity index (χ3n) is 2.91. The molecule has 0 saturated heterocycles. The maximum atomic E-state index is 13.3. The molecule has 0 amide bonds. The smallest absolute Gasteiger partial charge is 0.237 e. The highest BCUT2D eigenvalue weighted by atomic mass is 79.9. The Morgan fingerprint density at radius 3 is 2.76 bits per heavy atom. The molecule has 3 aromatic rings. The van der Waals surface area contributed by atoms with E-state index in [2.05, 4.69) is 20.9 Å². The Bertz CT molecular complexity index is 874. The minimum absolute atomic E-state index is 0.155. The van der Waals surface area contributed by atoms with E-state index in [0.717, 1.165) is 5.39 Å². The van der Waals surface area contributed by atoms with Gasteiger partial charge in [-0.05, 0) is 40.2 Å². The van der Waals surface area contributed by atoms with Gasteiger partial charge in [-0.25, -0.2) is 9.37 Å². The van der Waals surface area contributed by atoms with E-state index in [1.807, 2.05) is 30.3 Å². The molecule has 5 heteroatoms. The normalized spacial score (nSPS) is 10.3. The average molecular weight is 343 g/mol. The Kier molecular flexibility index (Phi) is 3.55. The van der Waals surface area contributed by atoms with Crippen molar-refractivity contribution in [3.8, 4) is 17.7 Å². The van der Waals surface area contributed by atoms with Crippen LogP contribution in [0.1, 0.15) is 5.56 Å². The topological polar surface area (TPSA) is 45.9 Å². The second-order valence-corrected chi connectivity index (χ2v) is 5.18. The molecule has 0 unspecified atom stereocenters. The summed E-state index contributed by atoms with van der Waals surface area (Å²) in [6.07, 6.45) is 0. The van der Waals surface area contributed by atoms with Crippen LogP contribution in [0.5, 0.6) is 11.6 Å². The summed E-state index contributed by atoms with van der Waals surface area (Å²) in [4.78, 5) is 4.32. The number of para-hydroxylation sites is 1. The Morgan fingerprint density at radius 2 is 1.95 bits per heavy atom. The second-order valence-electron chi connectivity index (χ2n) is 4.32. The lowest BCUT2D eigenvalue weighted by Gasteiger charge is -2.09. The van der Waals surface area contributed by atoms with Crippen LogP contribution in [0.15, 0.2) is 53.0 Å². The second kappa shape index (κ2) is 5.51. The summed E-state index contributed by atoms with van der Waals surface area (Å²) < 4.78 is 19.5. The summed E-state index contributed by atoms with van der Waals surface area (Å²) in [6, 6.07) is 15.2. The van der Waals surface area contributed by atoms with Crippen molar-refractivity contribution in [2.24, 2.45) is 0 Å². The lowest BCUT2D eigenvalue weighted by Crippen LogP contribution is -1.94. The number of rotatable bonds is 2. The molecule has 1 aromatic heterocycles. The zero-order valence-electron chi connectivity index (χ0n) is 10.7. The number of aromatic nitrogens is 1. The first-order valence-electron chi connectivity index (χ1n) is 6.10. The number of pyridine rings is 1. The molecule has 1 heterocycles. The third-order valence-corrected chi connectivity index (χ3v) is 3.56. The molecule has 0 aliphatic rings. The highest BCUT2D eigenvalue weighted by Crippen LogP contribution is 2.32. The molecule has 0 aliphatic heterocycles. The summed E-state index contributed by atoms with van der Waals surface area (Å²) in [7, 11) is 0. The molecule has 0 spiro atoms. The molecule has 21 heavy (non-hydrogen) atoms. The van der Waals surface area contributed by atoms with Gasteiger partial charge >= 0.3 is 0 Å². The average Bonchev–Trinajstić information content (AvgIpc) is 2.50. The van der Waals surface area contributed by atoms with Crippen LogP contribution in [-0.4, -0.2) is 4.98 Å². The van der Waals surface area contributed by atoms with E-state index in [1.54, 1.807) is 6.07 Å². The van der Waals surface area contributed by atoms with Gasteiger partial charge in [-0.2, -0.15) is 5.26 Å². The largest absolute Gasteiger partial charge is 0.436 e. The number of nitrogens with zero attached hydrogens (tertiary/aromatic N) is 2. The first-order valence-corrected chi connectivity index (χ1v) is 6.89. The summed E-state index contributed by atoms with van der Waals surface area (Å²) in [5.41, 5.74) is 1.00. The fourth-order valence-electron chi connectivity index (χ4n) is 1.92. The highest BCUT2D eigenvalue weighted by molar-refractivity contribution is 9.10. The fourth-order valence-corrected chi connectivity index (χ4v) is 2.24. The zero-order chi connectivity index (χ0) is 14.8. The zero-order valence-corrected chi connectivity index (χ0v) is 12.3. The molecule has 0 atom stereocenters. The Hall–Kier alpha value is -2.45. The predicted molar refractivity (Wildman–Crippen MR) is 80.6 cm³/mol. The van der Waals surface area contributed by atoms with Crippen molar-refractivity contribution in [3.63, 3.8) is 0 Å². The Morgan fingerprint density at radius 1 is 1.14 bits per heavy atom. The van der Waals surface area contributed by atoms with E-state index >= 15 is 0 Å². The number of hydrogen-bond donors (Lipinski definition) is 0. The minimum Gasteiger partial charge on any atom is -0.436 e. The molecule has 2 aromatic carbocycles. The summed E-state index contributed by atoms with van der Waals surface area (Å²) >= 11 is 3.28. The third kappa shape index (κ3) is 2.71. The van der Waals surface area contributed by atoms with E-state index in [-0.39, 0.29) is 11.6 Å². The number of fused-ring (bicyclic) bond motifs is 1. The molecule has 0 fully saturated rings. The summed E-state index contributed by atoms with van der Waals surface area (Å²) in [5.74, 6) is 0.00396. The lowest BCUT2D eigenvalue weighted by atomic mass is 10.1. The van der Waals surface area contributed by atoms with E-state index < -0.39 is 5.82 Å². The van der Waals surface area contributed by atoms with Crippen LogP contribution in [0.3, 0.4) is 0 Å². The summed E-state index contributed by atoms with van der Waals surface area (Å²) in [6.45, 7) is 0. The van der Waals surface area contributed by atoms with Gasteiger partial charge in [0.2, 0.25) is 5.88 Å². The van der Waals surface area contributed by atoms with Gasteiger partial charge in [-0.15, -0.1) is 0 Å². The maximum absolute atomic E-state index is 13.3. The molecule has 3 nitrogen and oxygen atoms in total. The van der Waals surface area contributed by atoms with Crippen LogP contribution in [0.2, 0.25) is 0 Å². The van der Waals surface area contributed by atoms with Crippen LogP contribution in [0.4, 0.5) is 4.39 Å². The van der Waals surface area contributed by atoms with Crippen molar-refractivity contribution in [2.45, 2.75) is 0 Å². The van der Waals surface area contributed by atoms with Gasteiger partial charge < -0.3 is 4.74 Å². The van der Waals surface area contributed by atoms with Crippen LogP contribution >= 0.6 is 15.9 Å². The molecule has 3 rings (SSSR count). The minimum atomic E-state index is -0.424. The SMILES string of the molecule is N#Cc1cc2ccccc2nc1Oc1cc(F)ccc1Br. The molecule has 0 bridgehead atoms. The first-order chi connectivity index (χ1) is 10.2. The van der Waals surface area contributed by atoms with Gasteiger partial charge in [-0.1, -0.05) is 18.2 Å². The number of nitriles is 1. The Balaban J connectivity index is 2.11. The Labute approximate surface area is 128 Å². The molecule has 0 N–H and O–H groups in total. The monoisotopic (exact) mass is 342 g/mol. The van der Waals surface area contributed by atoms with Crippen molar-refractivity contribution in [1.82, 2.24) is 4.98 Å². The van der Waals surface area contributed by atoms with Crippen molar-refractivity contribution >= 4 is 26.8 Å². The molecule has 0 radical (unpaired) electrons. The number of halogens is 2. The first kappa shape index (κ1) is 13.5. The van der Waals surface area contributed by atoms with Gasteiger partial charge in [-0.3, -0.25) is 0 Å². The van der Waals surface area contributed by atoms with Crippen LogP contribution in [0.25, 0.3) is 10.9 Å². The molecule has 0 aliphatic carbocycles. The predicted octanol–water partition coefficient (Wildman–Crippen LogP) is 4.80. The standard InChI is InChI=1S/C16H8BrFN2O/c17-13-6-5-12(18)8-15(13)21-16-11(9-19)7-10-3-1-2-4-14(10)20-16/h1-8H. The van der Waals surface area contributed by atoms with E-state index in [4.69, 9.17) is 4.74 Å². The van der Waals surface area contributed by atoms with Crippen LogP contribution in [-0.2, 0) is 0 Å². The van der Waals surface area contributed by atoms with Crippen molar-refractivity contribution < 1.29 is 9.13 Å². The van der Waals surface area contributed by atoms with Crippen LogP contribution < -0.4 is 4.74 Å². The number of benzene rings is 2. The summed E-state index contributed by atoms with van der Waals surface area (Å²) in [5, 5.41) is 10.1. The van der Waals surface area contributed by atoms with E-state index in [0.29, 0.717) is 15.6 Å². The van der Waals surface area contributed by atoms with Crippen LogP contribution in [0, 0.1) is 17.1 Å². The van der Waals surface area contributed by atoms with E-state index in [1.165, 1.54) is 18.2 Å². The quantitative estimate of drug-likeness (QED) is 0.671. The molecular weight excluding hydrogens is 335 g/mol. The highest BCUT2D eigenvalue weighted by Gasteiger charge is 2.11. The number of hydrogen-bond acceptors (Lipinski definition) is 3. The lowest BCUT2D eigenvalue weighted by molar-refractivity contribution is 0.455. The van der Waals surface area contributed by atoms with Crippen molar-refractivity contribution in [1.29, 1.82) is 5.26 Å². The van der Waals surface area contributed by atoms with E-state index in [9.17, 15) is 9.65 Å².